The number of imidazole rings is 1. The predicted octanol–water partition coefficient (Wildman–Crippen LogP) is 1.65. The summed E-state index contributed by atoms with van der Waals surface area (Å²) in [6.45, 7) is 5.13. The average Bonchev–Trinajstić information content (AvgIpc) is 2.84. The molecule has 0 spiro atoms. The predicted molar refractivity (Wildman–Crippen MR) is 71.6 cm³/mol. The van der Waals surface area contributed by atoms with Gasteiger partial charge in [0.25, 0.3) is 0 Å². The Bertz CT molecular complexity index is 555. The van der Waals surface area contributed by atoms with Gasteiger partial charge in [-0.3, -0.25) is 4.68 Å². The van der Waals surface area contributed by atoms with Crippen LogP contribution in [0.25, 0.3) is 0 Å². The monoisotopic (exact) mass is 267 g/mol. The Morgan fingerprint density at radius 2 is 2.17 bits per heavy atom. The number of aromatic nitrogens is 4. The minimum Gasteiger partial charge on any atom is -0.325 e. The molecule has 0 saturated carbocycles. The highest BCUT2D eigenvalue weighted by molar-refractivity contribution is 6.31. The lowest BCUT2D eigenvalue weighted by Gasteiger charge is -2.09. The zero-order chi connectivity index (χ0) is 13.3. The minimum absolute atomic E-state index is 0.469. The number of halogens is 1. The molecule has 5 nitrogen and oxygen atoms in total. The van der Waals surface area contributed by atoms with Gasteiger partial charge in [0.1, 0.15) is 5.82 Å². The molecule has 0 radical (unpaired) electrons. The van der Waals surface area contributed by atoms with E-state index in [0.717, 1.165) is 34.3 Å². The maximum atomic E-state index is 6.35. The summed E-state index contributed by atoms with van der Waals surface area (Å²) < 4.78 is 3.91. The summed E-state index contributed by atoms with van der Waals surface area (Å²) >= 11 is 6.35. The molecular weight excluding hydrogens is 250 g/mol. The normalized spacial score (nSPS) is 11.2. The molecule has 0 bridgehead atoms. The number of hydrogen-bond donors (Lipinski definition) is 1. The highest BCUT2D eigenvalue weighted by atomic mass is 35.5. The van der Waals surface area contributed by atoms with Crippen LogP contribution >= 0.6 is 11.6 Å². The van der Waals surface area contributed by atoms with E-state index in [1.54, 1.807) is 6.20 Å². The van der Waals surface area contributed by atoms with Crippen LogP contribution in [-0.4, -0.2) is 19.3 Å². The third-order valence-electron chi connectivity index (χ3n) is 3.16. The fourth-order valence-electron chi connectivity index (χ4n) is 2.04. The second kappa shape index (κ2) is 5.12. The molecule has 2 aromatic heterocycles. The van der Waals surface area contributed by atoms with Crippen molar-refractivity contribution >= 4 is 11.6 Å². The Labute approximate surface area is 112 Å². The first-order chi connectivity index (χ1) is 8.58. The van der Waals surface area contributed by atoms with Crippen molar-refractivity contribution in [3.63, 3.8) is 0 Å². The van der Waals surface area contributed by atoms with E-state index in [-0.39, 0.29) is 0 Å². The van der Waals surface area contributed by atoms with Crippen LogP contribution in [0.5, 0.6) is 0 Å². The molecule has 6 heteroatoms. The van der Waals surface area contributed by atoms with Gasteiger partial charge in [-0.25, -0.2) is 4.98 Å². The second-order valence-electron chi connectivity index (χ2n) is 4.27. The van der Waals surface area contributed by atoms with Crippen molar-refractivity contribution < 1.29 is 0 Å². The molecular formula is C12H18ClN5. The quantitative estimate of drug-likeness (QED) is 0.916. The molecule has 2 rings (SSSR count). The Kier molecular flexibility index (Phi) is 3.73. The lowest BCUT2D eigenvalue weighted by molar-refractivity contribution is 0.634. The van der Waals surface area contributed by atoms with E-state index in [0.29, 0.717) is 13.1 Å². The van der Waals surface area contributed by atoms with Crippen LogP contribution in [0.4, 0.5) is 0 Å². The topological polar surface area (TPSA) is 61.7 Å². The maximum absolute atomic E-state index is 6.35. The summed E-state index contributed by atoms with van der Waals surface area (Å²) in [4.78, 5) is 4.28. The number of nitrogens with zero attached hydrogens (tertiary/aromatic N) is 4. The van der Waals surface area contributed by atoms with Crippen LogP contribution in [-0.2, 0) is 26.6 Å². The van der Waals surface area contributed by atoms with Crippen LogP contribution in [0.2, 0.25) is 5.02 Å². The van der Waals surface area contributed by atoms with Crippen LogP contribution < -0.4 is 5.73 Å². The SMILES string of the molecule is CCc1nn(C)c(Cn2c(CN)cnc2C)c1Cl. The molecule has 0 aliphatic heterocycles. The van der Waals surface area contributed by atoms with Crippen molar-refractivity contribution in [2.75, 3.05) is 0 Å². The fourth-order valence-corrected chi connectivity index (χ4v) is 2.39. The van der Waals surface area contributed by atoms with Gasteiger partial charge in [0.05, 0.1) is 28.6 Å². The first-order valence-electron chi connectivity index (χ1n) is 5.99. The fraction of sp³-hybridized carbons (Fsp3) is 0.500. The third-order valence-corrected chi connectivity index (χ3v) is 3.59. The van der Waals surface area contributed by atoms with Gasteiger partial charge < -0.3 is 10.3 Å². The molecule has 2 aromatic rings. The zero-order valence-electron chi connectivity index (χ0n) is 10.9. The summed E-state index contributed by atoms with van der Waals surface area (Å²) in [6.07, 6.45) is 2.64. The van der Waals surface area contributed by atoms with Gasteiger partial charge in [0.2, 0.25) is 0 Å². The van der Waals surface area contributed by atoms with Gasteiger partial charge in [-0.2, -0.15) is 5.10 Å². The van der Waals surface area contributed by atoms with Gasteiger partial charge in [0.15, 0.2) is 0 Å². The third kappa shape index (κ3) is 2.15. The Balaban J connectivity index is 2.39. The van der Waals surface area contributed by atoms with Crippen LogP contribution in [0.1, 0.15) is 29.8 Å². The Hall–Kier alpha value is -1.33. The molecule has 2 N–H and O–H groups in total. The van der Waals surface area contributed by atoms with Gasteiger partial charge in [-0.05, 0) is 13.3 Å². The van der Waals surface area contributed by atoms with E-state index in [1.165, 1.54) is 0 Å². The van der Waals surface area contributed by atoms with Crippen molar-refractivity contribution in [3.05, 3.63) is 34.1 Å². The van der Waals surface area contributed by atoms with E-state index < -0.39 is 0 Å². The number of nitrogens with two attached hydrogens (primary N) is 1. The highest BCUT2D eigenvalue weighted by Crippen LogP contribution is 2.22. The van der Waals surface area contributed by atoms with Crippen LogP contribution in [0.3, 0.4) is 0 Å². The van der Waals surface area contributed by atoms with Crippen molar-refractivity contribution in [3.8, 4) is 0 Å². The number of aryl methyl sites for hydroxylation is 3. The second-order valence-corrected chi connectivity index (χ2v) is 4.65. The van der Waals surface area contributed by atoms with Crippen molar-refractivity contribution in [1.29, 1.82) is 0 Å². The smallest absolute Gasteiger partial charge is 0.106 e. The van der Waals surface area contributed by atoms with Crippen molar-refractivity contribution in [2.45, 2.75) is 33.4 Å². The van der Waals surface area contributed by atoms with Gasteiger partial charge in [-0.1, -0.05) is 18.5 Å². The molecule has 0 aliphatic rings. The van der Waals surface area contributed by atoms with E-state index in [9.17, 15) is 0 Å². The van der Waals surface area contributed by atoms with Crippen LogP contribution in [0, 0.1) is 6.92 Å². The summed E-state index contributed by atoms with van der Waals surface area (Å²) in [6, 6.07) is 0. The highest BCUT2D eigenvalue weighted by Gasteiger charge is 2.15. The molecule has 2 heterocycles. The standard InChI is InChI=1S/C12H18ClN5/c1-4-10-12(13)11(17(3)16-10)7-18-8(2)15-6-9(18)5-14/h6H,4-5,7,14H2,1-3H3. The van der Waals surface area contributed by atoms with Crippen molar-refractivity contribution in [2.24, 2.45) is 12.8 Å². The number of hydrogen-bond acceptors (Lipinski definition) is 3. The summed E-state index contributed by atoms with van der Waals surface area (Å²) in [5, 5.41) is 5.16. The van der Waals surface area contributed by atoms with Gasteiger partial charge >= 0.3 is 0 Å². The lowest BCUT2D eigenvalue weighted by atomic mass is 10.3. The Morgan fingerprint density at radius 3 is 2.72 bits per heavy atom. The first-order valence-corrected chi connectivity index (χ1v) is 6.37. The lowest BCUT2D eigenvalue weighted by Crippen LogP contribution is -2.12. The molecule has 0 fully saturated rings. The molecule has 0 saturated heterocycles. The molecule has 98 valence electrons. The maximum Gasteiger partial charge on any atom is 0.106 e. The molecule has 0 aromatic carbocycles. The molecule has 0 amide bonds. The van der Waals surface area contributed by atoms with Gasteiger partial charge in [-0.15, -0.1) is 0 Å². The van der Waals surface area contributed by atoms with E-state index in [1.807, 2.05) is 25.6 Å². The van der Waals surface area contributed by atoms with E-state index in [4.69, 9.17) is 17.3 Å². The molecule has 0 aliphatic carbocycles. The molecule has 18 heavy (non-hydrogen) atoms. The van der Waals surface area contributed by atoms with E-state index in [2.05, 4.69) is 14.6 Å². The summed E-state index contributed by atoms with van der Waals surface area (Å²) in [5.74, 6) is 0.936. The summed E-state index contributed by atoms with van der Waals surface area (Å²) in [5.41, 5.74) is 8.63. The van der Waals surface area contributed by atoms with Crippen LogP contribution in [0.15, 0.2) is 6.20 Å². The molecule has 0 atom stereocenters. The Morgan fingerprint density at radius 1 is 1.44 bits per heavy atom. The van der Waals surface area contributed by atoms with Gasteiger partial charge in [0, 0.05) is 19.8 Å². The largest absolute Gasteiger partial charge is 0.325 e. The molecule has 0 unspecified atom stereocenters. The minimum atomic E-state index is 0.469. The summed E-state index contributed by atoms with van der Waals surface area (Å²) in [7, 11) is 1.91. The average molecular weight is 268 g/mol. The van der Waals surface area contributed by atoms with E-state index >= 15 is 0 Å². The van der Waals surface area contributed by atoms with Crippen molar-refractivity contribution in [1.82, 2.24) is 19.3 Å². The number of rotatable bonds is 4. The first kappa shape index (κ1) is 13.1. The zero-order valence-corrected chi connectivity index (χ0v) is 11.7.